The molecule has 0 amide bonds. The molecule has 0 bridgehead atoms. The predicted molar refractivity (Wildman–Crippen MR) is 100 cm³/mol. The molecule has 0 aliphatic rings. The number of guanidine groups is 1. The van der Waals surface area contributed by atoms with Crippen LogP contribution in [0.25, 0.3) is 0 Å². The van der Waals surface area contributed by atoms with Crippen LogP contribution >= 0.6 is 35.3 Å². The highest BCUT2D eigenvalue weighted by atomic mass is 127. The van der Waals surface area contributed by atoms with E-state index in [1.165, 1.54) is 4.88 Å². The largest absolute Gasteiger partial charge is 0.355 e. The first-order chi connectivity index (χ1) is 9.17. The molecule has 0 aliphatic carbocycles. The van der Waals surface area contributed by atoms with Gasteiger partial charge in [0.25, 0.3) is 0 Å². The summed E-state index contributed by atoms with van der Waals surface area (Å²) in [5, 5.41) is 8.77. The second-order valence-corrected chi connectivity index (χ2v) is 5.69. The standard InChI is InChI=1S/C14H26N4S.HI/c1-5-18(12(2)3)9-8-16-14(15-4)17-11-13-7-6-10-19-13;/h6-7,10,12H,5,8-9,11H2,1-4H3,(H2,15,16,17);1H. The Kier molecular flexibility index (Phi) is 11.1. The molecule has 1 heterocycles. The van der Waals surface area contributed by atoms with Crippen LogP contribution in [0.3, 0.4) is 0 Å². The molecule has 116 valence electrons. The molecule has 1 rings (SSSR count). The van der Waals surface area contributed by atoms with Gasteiger partial charge >= 0.3 is 0 Å². The smallest absolute Gasteiger partial charge is 0.191 e. The van der Waals surface area contributed by atoms with Gasteiger partial charge in [0, 0.05) is 31.1 Å². The van der Waals surface area contributed by atoms with Crippen LogP contribution in [0.4, 0.5) is 0 Å². The van der Waals surface area contributed by atoms with Gasteiger partial charge in [-0.15, -0.1) is 35.3 Å². The van der Waals surface area contributed by atoms with Crippen molar-refractivity contribution in [3.05, 3.63) is 22.4 Å². The van der Waals surface area contributed by atoms with Crippen LogP contribution in [0.2, 0.25) is 0 Å². The number of likely N-dealkylation sites (N-methyl/N-ethyl adjacent to an activating group) is 1. The molecule has 1 aromatic heterocycles. The summed E-state index contributed by atoms with van der Waals surface area (Å²) >= 11 is 1.76. The fraction of sp³-hybridized carbons (Fsp3) is 0.643. The zero-order chi connectivity index (χ0) is 14.1. The molecule has 0 fully saturated rings. The molecule has 0 spiro atoms. The third kappa shape index (κ3) is 7.44. The Morgan fingerprint density at radius 2 is 2.15 bits per heavy atom. The van der Waals surface area contributed by atoms with E-state index in [0.29, 0.717) is 6.04 Å². The van der Waals surface area contributed by atoms with Crippen molar-refractivity contribution in [2.75, 3.05) is 26.7 Å². The van der Waals surface area contributed by atoms with E-state index in [4.69, 9.17) is 0 Å². The highest BCUT2D eigenvalue weighted by Gasteiger charge is 2.06. The molecule has 0 atom stereocenters. The molecular formula is C14H27IN4S. The van der Waals surface area contributed by atoms with Crippen molar-refractivity contribution in [1.82, 2.24) is 15.5 Å². The fourth-order valence-corrected chi connectivity index (χ4v) is 2.55. The Hall–Kier alpha value is -0.340. The van der Waals surface area contributed by atoms with E-state index < -0.39 is 0 Å². The van der Waals surface area contributed by atoms with Crippen molar-refractivity contribution in [2.24, 2.45) is 4.99 Å². The Balaban J connectivity index is 0.00000361. The number of nitrogens with one attached hydrogen (secondary N) is 2. The van der Waals surface area contributed by atoms with Crippen molar-refractivity contribution in [1.29, 1.82) is 0 Å². The predicted octanol–water partition coefficient (Wildman–Crippen LogP) is 2.76. The zero-order valence-corrected chi connectivity index (χ0v) is 16.0. The van der Waals surface area contributed by atoms with Gasteiger partial charge in [-0.3, -0.25) is 9.89 Å². The molecule has 0 saturated heterocycles. The summed E-state index contributed by atoms with van der Waals surface area (Å²) in [7, 11) is 1.81. The third-order valence-corrected chi connectivity index (χ3v) is 3.94. The second-order valence-electron chi connectivity index (χ2n) is 4.65. The van der Waals surface area contributed by atoms with E-state index in [0.717, 1.165) is 32.1 Å². The molecule has 4 nitrogen and oxygen atoms in total. The van der Waals surface area contributed by atoms with Gasteiger partial charge in [0.05, 0.1) is 6.54 Å². The Morgan fingerprint density at radius 1 is 1.40 bits per heavy atom. The molecular weight excluding hydrogens is 383 g/mol. The van der Waals surface area contributed by atoms with Crippen molar-refractivity contribution < 1.29 is 0 Å². The van der Waals surface area contributed by atoms with Gasteiger partial charge in [0.15, 0.2) is 5.96 Å². The molecule has 0 aromatic carbocycles. The van der Waals surface area contributed by atoms with E-state index in [9.17, 15) is 0 Å². The lowest BCUT2D eigenvalue weighted by atomic mass is 10.3. The molecule has 1 aromatic rings. The van der Waals surface area contributed by atoms with Gasteiger partial charge < -0.3 is 10.6 Å². The van der Waals surface area contributed by atoms with E-state index in [1.807, 2.05) is 7.05 Å². The maximum atomic E-state index is 4.24. The Labute approximate surface area is 144 Å². The quantitative estimate of drug-likeness (QED) is 0.413. The number of aliphatic imine (C=N–C) groups is 1. The van der Waals surface area contributed by atoms with E-state index in [-0.39, 0.29) is 24.0 Å². The summed E-state index contributed by atoms with van der Waals surface area (Å²) in [5.41, 5.74) is 0. The number of hydrogen-bond acceptors (Lipinski definition) is 3. The summed E-state index contributed by atoms with van der Waals surface area (Å²) in [5.74, 6) is 0.869. The van der Waals surface area contributed by atoms with Crippen LogP contribution in [0.1, 0.15) is 25.6 Å². The normalized spacial score (nSPS) is 11.6. The summed E-state index contributed by atoms with van der Waals surface area (Å²) in [6.07, 6.45) is 0. The number of rotatable bonds is 7. The van der Waals surface area contributed by atoms with Crippen LogP contribution in [-0.4, -0.2) is 43.6 Å². The molecule has 6 heteroatoms. The average Bonchev–Trinajstić information content (AvgIpc) is 2.90. The third-order valence-electron chi connectivity index (χ3n) is 3.06. The second kappa shape index (κ2) is 11.3. The average molecular weight is 410 g/mol. The van der Waals surface area contributed by atoms with E-state index in [1.54, 1.807) is 11.3 Å². The highest BCUT2D eigenvalue weighted by Crippen LogP contribution is 2.07. The van der Waals surface area contributed by atoms with Crippen molar-refractivity contribution in [3.8, 4) is 0 Å². The van der Waals surface area contributed by atoms with E-state index >= 15 is 0 Å². The Morgan fingerprint density at radius 3 is 2.65 bits per heavy atom. The first kappa shape index (κ1) is 19.7. The van der Waals surface area contributed by atoms with Crippen LogP contribution in [0, 0.1) is 0 Å². The summed E-state index contributed by atoms with van der Waals surface area (Å²) in [6.45, 7) is 10.5. The zero-order valence-electron chi connectivity index (χ0n) is 12.8. The summed E-state index contributed by atoms with van der Waals surface area (Å²) in [4.78, 5) is 7.99. The van der Waals surface area contributed by atoms with Gasteiger partial charge in [-0.1, -0.05) is 13.0 Å². The maximum absolute atomic E-state index is 4.24. The molecule has 2 N–H and O–H groups in total. The first-order valence-corrected chi connectivity index (χ1v) is 7.76. The van der Waals surface area contributed by atoms with E-state index in [2.05, 4.69) is 58.8 Å². The minimum Gasteiger partial charge on any atom is -0.355 e. The monoisotopic (exact) mass is 410 g/mol. The van der Waals surface area contributed by atoms with Gasteiger partial charge in [-0.2, -0.15) is 0 Å². The van der Waals surface area contributed by atoms with Crippen LogP contribution in [0.5, 0.6) is 0 Å². The van der Waals surface area contributed by atoms with Gasteiger partial charge in [-0.05, 0) is 31.8 Å². The lowest BCUT2D eigenvalue weighted by Crippen LogP contribution is -2.42. The highest BCUT2D eigenvalue weighted by molar-refractivity contribution is 14.0. The van der Waals surface area contributed by atoms with Crippen LogP contribution in [0.15, 0.2) is 22.5 Å². The lowest BCUT2D eigenvalue weighted by molar-refractivity contribution is 0.237. The molecule has 0 radical (unpaired) electrons. The number of halogens is 1. The number of thiophene rings is 1. The minimum atomic E-state index is 0. The Bertz CT molecular complexity index is 365. The molecule has 20 heavy (non-hydrogen) atoms. The van der Waals surface area contributed by atoms with Crippen molar-refractivity contribution >= 4 is 41.3 Å². The molecule has 0 aliphatic heterocycles. The minimum absolute atomic E-state index is 0. The topological polar surface area (TPSA) is 39.7 Å². The molecule has 0 unspecified atom stereocenters. The molecule has 0 saturated carbocycles. The van der Waals surface area contributed by atoms with Crippen molar-refractivity contribution in [2.45, 2.75) is 33.4 Å². The maximum Gasteiger partial charge on any atom is 0.191 e. The van der Waals surface area contributed by atoms with Crippen LogP contribution in [-0.2, 0) is 6.54 Å². The number of hydrogen-bond donors (Lipinski definition) is 2. The van der Waals surface area contributed by atoms with Gasteiger partial charge in [-0.25, -0.2) is 0 Å². The lowest BCUT2D eigenvalue weighted by Gasteiger charge is -2.25. The van der Waals surface area contributed by atoms with Crippen LogP contribution < -0.4 is 10.6 Å². The van der Waals surface area contributed by atoms with Gasteiger partial charge in [0.2, 0.25) is 0 Å². The fourth-order valence-electron chi connectivity index (χ4n) is 1.90. The number of nitrogens with zero attached hydrogens (tertiary/aromatic N) is 2. The SMILES string of the molecule is CCN(CCNC(=NC)NCc1cccs1)C(C)C.I. The van der Waals surface area contributed by atoms with Gasteiger partial charge in [0.1, 0.15) is 0 Å². The van der Waals surface area contributed by atoms with Crippen molar-refractivity contribution in [3.63, 3.8) is 0 Å². The summed E-state index contributed by atoms with van der Waals surface area (Å²) in [6, 6.07) is 4.79. The first-order valence-electron chi connectivity index (χ1n) is 6.88. The summed E-state index contributed by atoms with van der Waals surface area (Å²) < 4.78 is 0.